The van der Waals surface area contributed by atoms with Gasteiger partial charge in [-0.25, -0.2) is 0 Å². The highest BCUT2D eigenvalue weighted by Crippen LogP contribution is 2.27. The normalized spacial score (nSPS) is 19.5. The lowest BCUT2D eigenvalue weighted by atomic mass is 9.96. The van der Waals surface area contributed by atoms with Crippen molar-refractivity contribution >= 4 is 23.2 Å². The molecule has 0 bridgehead atoms. The first-order chi connectivity index (χ1) is 10.9. The number of carbonyl (C=O) groups is 2. The van der Waals surface area contributed by atoms with Crippen LogP contribution in [0.5, 0.6) is 0 Å². The predicted molar refractivity (Wildman–Crippen MR) is 94.6 cm³/mol. The number of carbonyl (C=O) groups excluding carboxylic acids is 2. The Labute approximate surface area is 143 Å². The molecule has 1 aromatic heterocycles. The maximum absolute atomic E-state index is 12.6. The van der Waals surface area contributed by atoms with Crippen LogP contribution in [-0.4, -0.2) is 29.8 Å². The lowest BCUT2D eigenvalue weighted by Gasteiger charge is -2.32. The first kappa shape index (κ1) is 18.0. The van der Waals surface area contributed by atoms with E-state index in [1.807, 2.05) is 18.7 Å². The average Bonchev–Trinajstić information content (AvgIpc) is 2.86. The molecule has 2 atom stereocenters. The van der Waals surface area contributed by atoms with Gasteiger partial charge in [-0.2, -0.15) is 0 Å². The van der Waals surface area contributed by atoms with E-state index < -0.39 is 0 Å². The number of hydrogen-bond acceptors (Lipinski definition) is 3. The third-order valence-corrected chi connectivity index (χ3v) is 5.50. The lowest BCUT2D eigenvalue weighted by molar-refractivity contribution is -0.135. The van der Waals surface area contributed by atoms with E-state index in [1.54, 1.807) is 11.3 Å². The van der Waals surface area contributed by atoms with E-state index in [0.29, 0.717) is 13.0 Å². The van der Waals surface area contributed by atoms with Gasteiger partial charge in [-0.3, -0.25) is 9.59 Å². The van der Waals surface area contributed by atoms with Crippen molar-refractivity contribution in [2.45, 2.75) is 59.4 Å². The molecule has 0 aromatic carbocycles. The summed E-state index contributed by atoms with van der Waals surface area (Å²) in [4.78, 5) is 29.0. The molecule has 1 aliphatic heterocycles. The molecule has 0 aliphatic carbocycles. The fraction of sp³-hybridized carbons (Fsp3) is 0.667. The number of piperidine rings is 1. The predicted octanol–water partition coefficient (Wildman–Crippen LogP) is 3.58. The monoisotopic (exact) mass is 336 g/mol. The number of nitrogens with one attached hydrogen (secondary N) is 1. The molecule has 1 N–H and O–H groups in total. The van der Waals surface area contributed by atoms with Gasteiger partial charge in [-0.15, -0.1) is 11.3 Å². The van der Waals surface area contributed by atoms with E-state index >= 15 is 0 Å². The number of aryl methyl sites for hydroxylation is 2. The summed E-state index contributed by atoms with van der Waals surface area (Å²) in [6, 6.07) is 2.18. The third-order valence-electron chi connectivity index (χ3n) is 4.51. The van der Waals surface area contributed by atoms with Crippen LogP contribution >= 0.6 is 11.3 Å². The van der Waals surface area contributed by atoms with Crippen molar-refractivity contribution < 1.29 is 9.59 Å². The van der Waals surface area contributed by atoms with Crippen molar-refractivity contribution in [3.63, 3.8) is 0 Å². The second-order valence-electron chi connectivity index (χ2n) is 6.53. The summed E-state index contributed by atoms with van der Waals surface area (Å²) >= 11 is 1.77. The standard InChI is InChI=1S/C18H28N2O2S/c1-5-7-17(21)20-9-6-8-15(11-20)18(22)19-13(3)16-10-12(2)23-14(16)4/h10,13,15H,5-9,11H2,1-4H3,(H,19,22). The minimum absolute atomic E-state index is 0.0224. The van der Waals surface area contributed by atoms with Crippen LogP contribution in [0.25, 0.3) is 0 Å². The van der Waals surface area contributed by atoms with E-state index in [9.17, 15) is 9.59 Å². The third kappa shape index (κ3) is 4.56. The van der Waals surface area contributed by atoms with Crippen LogP contribution in [0, 0.1) is 19.8 Å². The lowest BCUT2D eigenvalue weighted by Crippen LogP contribution is -2.45. The van der Waals surface area contributed by atoms with Gasteiger partial charge in [0.25, 0.3) is 0 Å². The van der Waals surface area contributed by atoms with Gasteiger partial charge in [-0.1, -0.05) is 6.92 Å². The molecular weight excluding hydrogens is 308 g/mol. The summed E-state index contributed by atoms with van der Waals surface area (Å²) in [5.74, 6) is 0.184. The van der Waals surface area contributed by atoms with E-state index in [4.69, 9.17) is 0 Å². The van der Waals surface area contributed by atoms with Gasteiger partial charge in [0.2, 0.25) is 11.8 Å². The molecule has 2 rings (SSSR count). The van der Waals surface area contributed by atoms with Crippen molar-refractivity contribution in [3.05, 3.63) is 21.4 Å². The maximum atomic E-state index is 12.6. The molecule has 0 spiro atoms. The average molecular weight is 337 g/mol. The Hall–Kier alpha value is -1.36. The summed E-state index contributed by atoms with van der Waals surface area (Å²) < 4.78 is 0. The zero-order valence-corrected chi connectivity index (χ0v) is 15.5. The number of likely N-dealkylation sites (tertiary alicyclic amines) is 1. The van der Waals surface area contributed by atoms with Gasteiger partial charge in [-0.05, 0) is 51.7 Å². The number of thiophene rings is 1. The first-order valence-corrected chi connectivity index (χ1v) is 9.39. The first-order valence-electron chi connectivity index (χ1n) is 8.57. The second-order valence-corrected chi connectivity index (χ2v) is 7.99. The van der Waals surface area contributed by atoms with Crippen molar-refractivity contribution in [3.8, 4) is 0 Å². The van der Waals surface area contributed by atoms with Crippen LogP contribution in [-0.2, 0) is 9.59 Å². The molecule has 1 aliphatic rings. The number of nitrogens with zero attached hydrogens (tertiary/aromatic N) is 1. The fourth-order valence-electron chi connectivity index (χ4n) is 3.28. The molecule has 2 heterocycles. The fourth-order valence-corrected chi connectivity index (χ4v) is 4.30. The Balaban J connectivity index is 1.94. The molecular formula is C18H28N2O2S. The summed E-state index contributed by atoms with van der Waals surface area (Å²) in [5, 5.41) is 3.14. The van der Waals surface area contributed by atoms with E-state index in [2.05, 4.69) is 25.2 Å². The van der Waals surface area contributed by atoms with Gasteiger partial charge >= 0.3 is 0 Å². The molecule has 0 radical (unpaired) electrons. The van der Waals surface area contributed by atoms with Crippen molar-refractivity contribution in [1.82, 2.24) is 10.2 Å². The second kappa shape index (κ2) is 7.95. The summed E-state index contributed by atoms with van der Waals surface area (Å²) in [6.45, 7) is 9.60. The largest absolute Gasteiger partial charge is 0.349 e. The van der Waals surface area contributed by atoms with Crippen LogP contribution in [0.1, 0.15) is 60.9 Å². The number of amides is 2. The zero-order chi connectivity index (χ0) is 17.0. The van der Waals surface area contributed by atoms with Gasteiger partial charge in [0, 0.05) is 29.3 Å². The van der Waals surface area contributed by atoms with Crippen LogP contribution in [0.3, 0.4) is 0 Å². The van der Waals surface area contributed by atoms with Gasteiger partial charge in [0.05, 0.1) is 12.0 Å². The topological polar surface area (TPSA) is 49.4 Å². The minimum Gasteiger partial charge on any atom is -0.349 e. The van der Waals surface area contributed by atoms with Crippen molar-refractivity contribution in [2.75, 3.05) is 13.1 Å². The van der Waals surface area contributed by atoms with E-state index in [1.165, 1.54) is 15.3 Å². The highest BCUT2D eigenvalue weighted by Gasteiger charge is 2.29. The van der Waals surface area contributed by atoms with Gasteiger partial charge in [0.15, 0.2) is 0 Å². The van der Waals surface area contributed by atoms with Crippen LogP contribution in [0.4, 0.5) is 0 Å². The Morgan fingerprint density at radius 2 is 2.17 bits per heavy atom. The molecule has 2 amide bonds. The highest BCUT2D eigenvalue weighted by molar-refractivity contribution is 7.12. The molecule has 128 valence electrons. The van der Waals surface area contributed by atoms with Crippen LogP contribution in [0.2, 0.25) is 0 Å². The quantitative estimate of drug-likeness (QED) is 0.893. The number of rotatable bonds is 5. The van der Waals surface area contributed by atoms with Crippen LogP contribution < -0.4 is 5.32 Å². The Morgan fingerprint density at radius 1 is 1.43 bits per heavy atom. The number of hydrogen-bond donors (Lipinski definition) is 1. The molecule has 1 saturated heterocycles. The van der Waals surface area contributed by atoms with Crippen LogP contribution in [0.15, 0.2) is 6.07 Å². The summed E-state index contributed by atoms with van der Waals surface area (Å²) in [7, 11) is 0. The Kier molecular flexibility index (Phi) is 6.22. The summed E-state index contributed by atoms with van der Waals surface area (Å²) in [6.07, 6.45) is 3.23. The molecule has 1 fully saturated rings. The molecule has 1 aromatic rings. The van der Waals surface area contributed by atoms with Gasteiger partial charge < -0.3 is 10.2 Å². The summed E-state index contributed by atoms with van der Waals surface area (Å²) in [5.41, 5.74) is 1.20. The van der Waals surface area contributed by atoms with E-state index in [-0.39, 0.29) is 23.8 Å². The van der Waals surface area contributed by atoms with Crippen molar-refractivity contribution in [2.24, 2.45) is 5.92 Å². The molecule has 23 heavy (non-hydrogen) atoms. The molecule has 0 saturated carbocycles. The van der Waals surface area contributed by atoms with E-state index in [0.717, 1.165) is 25.8 Å². The van der Waals surface area contributed by atoms with Crippen molar-refractivity contribution in [1.29, 1.82) is 0 Å². The van der Waals surface area contributed by atoms with Gasteiger partial charge in [0.1, 0.15) is 0 Å². The SMILES string of the molecule is CCCC(=O)N1CCCC(C(=O)NC(C)c2cc(C)sc2C)C1. The highest BCUT2D eigenvalue weighted by atomic mass is 32.1. The Bertz CT molecular complexity index is 567. The molecule has 4 nitrogen and oxygen atoms in total. The Morgan fingerprint density at radius 3 is 2.78 bits per heavy atom. The minimum atomic E-state index is -0.0768. The molecule has 2 unspecified atom stereocenters. The molecule has 5 heteroatoms. The zero-order valence-electron chi connectivity index (χ0n) is 14.6. The maximum Gasteiger partial charge on any atom is 0.225 e. The smallest absolute Gasteiger partial charge is 0.225 e.